The van der Waals surface area contributed by atoms with Gasteiger partial charge in [0, 0.05) is 10.5 Å². The molecule has 0 saturated heterocycles. The Bertz CT molecular complexity index is 673. The second-order valence-electron chi connectivity index (χ2n) is 5.42. The molecule has 0 aliphatic rings. The van der Waals surface area contributed by atoms with Gasteiger partial charge in [-0.05, 0) is 48.7 Å². The number of halogens is 2. The summed E-state index contributed by atoms with van der Waals surface area (Å²) in [4.78, 5) is 12.0. The van der Waals surface area contributed by atoms with E-state index in [0.29, 0.717) is 0 Å². The van der Waals surface area contributed by atoms with Crippen LogP contribution in [0.3, 0.4) is 0 Å². The van der Waals surface area contributed by atoms with E-state index in [1.165, 1.54) is 6.07 Å². The van der Waals surface area contributed by atoms with E-state index in [0.717, 1.165) is 22.0 Å². The molecule has 0 heterocycles. The third-order valence-corrected chi connectivity index (χ3v) is 4.12. The summed E-state index contributed by atoms with van der Waals surface area (Å²) in [6.45, 7) is 3.99. The zero-order valence-electron chi connectivity index (χ0n) is 13.2. The maximum Gasteiger partial charge on any atom is 0.238 e. The average molecular weight is 379 g/mol. The lowest BCUT2D eigenvalue weighted by Crippen LogP contribution is -2.31. The number of nitrogens with one attached hydrogen (secondary N) is 2. The van der Waals surface area contributed by atoms with Crippen molar-refractivity contribution in [1.82, 2.24) is 5.32 Å². The van der Waals surface area contributed by atoms with Crippen LogP contribution in [0.2, 0.25) is 0 Å². The summed E-state index contributed by atoms with van der Waals surface area (Å²) in [7, 11) is 0. The highest BCUT2D eigenvalue weighted by Crippen LogP contribution is 2.19. The first-order chi connectivity index (χ1) is 11.0. The van der Waals surface area contributed by atoms with Crippen molar-refractivity contribution in [3.05, 3.63) is 63.9 Å². The van der Waals surface area contributed by atoms with Crippen LogP contribution in [-0.4, -0.2) is 12.5 Å². The van der Waals surface area contributed by atoms with E-state index < -0.39 is 5.82 Å². The van der Waals surface area contributed by atoms with Crippen molar-refractivity contribution in [3.8, 4) is 0 Å². The van der Waals surface area contributed by atoms with Gasteiger partial charge in [0.15, 0.2) is 0 Å². The lowest BCUT2D eigenvalue weighted by atomic mass is 10.0. The van der Waals surface area contributed by atoms with E-state index in [1.54, 1.807) is 19.1 Å². The Labute approximate surface area is 144 Å². The molecule has 3 nitrogen and oxygen atoms in total. The maximum atomic E-state index is 13.7. The Balaban J connectivity index is 1.93. The van der Waals surface area contributed by atoms with E-state index >= 15 is 0 Å². The smallest absolute Gasteiger partial charge is 0.238 e. The summed E-state index contributed by atoms with van der Waals surface area (Å²) in [5.74, 6) is -0.679. The molecule has 1 amide bonds. The molecule has 0 fully saturated rings. The van der Waals surface area contributed by atoms with Crippen LogP contribution >= 0.6 is 15.9 Å². The molecule has 0 saturated carbocycles. The van der Waals surface area contributed by atoms with Crippen LogP contribution in [0.25, 0.3) is 0 Å². The van der Waals surface area contributed by atoms with Gasteiger partial charge < -0.3 is 10.6 Å². The number of rotatable bonds is 6. The zero-order valence-corrected chi connectivity index (χ0v) is 14.8. The fraction of sp³-hybridized carbons (Fsp3) is 0.278. The van der Waals surface area contributed by atoms with Gasteiger partial charge in [0.25, 0.3) is 0 Å². The molecule has 2 N–H and O–H groups in total. The number of benzene rings is 2. The van der Waals surface area contributed by atoms with Crippen molar-refractivity contribution >= 4 is 27.5 Å². The second-order valence-corrected chi connectivity index (χ2v) is 6.34. The van der Waals surface area contributed by atoms with Crippen LogP contribution < -0.4 is 10.6 Å². The van der Waals surface area contributed by atoms with Gasteiger partial charge in [0.1, 0.15) is 5.82 Å². The summed E-state index contributed by atoms with van der Waals surface area (Å²) in [5, 5.41) is 5.80. The lowest BCUT2D eigenvalue weighted by Gasteiger charge is -2.17. The van der Waals surface area contributed by atoms with Crippen molar-refractivity contribution in [1.29, 1.82) is 0 Å². The van der Waals surface area contributed by atoms with Crippen LogP contribution in [0.5, 0.6) is 0 Å². The predicted molar refractivity (Wildman–Crippen MR) is 94.9 cm³/mol. The van der Waals surface area contributed by atoms with Crippen LogP contribution in [0.15, 0.2) is 46.9 Å². The highest BCUT2D eigenvalue weighted by atomic mass is 79.9. The number of carbonyl (C=O) groups is 1. The molecule has 0 aliphatic heterocycles. The number of carbonyl (C=O) groups excluding carboxylic acids is 1. The van der Waals surface area contributed by atoms with Gasteiger partial charge in [-0.2, -0.15) is 0 Å². The first-order valence-electron chi connectivity index (χ1n) is 7.54. The predicted octanol–water partition coefficient (Wildman–Crippen LogP) is 4.58. The summed E-state index contributed by atoms with van der Waals surface area (Å²) in [6, 6.07) is 12.8. The largest absolute Gasteiger partial charge is 0.322 e. The van der Waals surface area contributed by atoms with Gasteiger partial charge in [-0.1, -0.05) is 41.1 Å². The van der Waals surface area contributed by atoms with Crippen molar-refractivity contribution in [2.45, 2.75) is 26.3 Å². The van der Waals surface area contributed by atoms with Crippen LogP contribution in [0.4, 0.5) is 10.1 Å². The Morgan fingerprint density at radius 3 is 2.52 bits per heavy atom. The molecule has 122 valence electrons. The number of hydrogen-bond donors (Lipinski definition) is 2. The highest BCUT2D eigenvalue weighted by molar-refractivity contribution is 9.10. The van der Waals surface area contributed by atoms with E-state index in [1.807, 2.05) is 24.3 Å². The number of amides is 1. The SMILES string of the molecule is CC[C@@H](NCC(=O)Nc1ccc(C)cc1F)c1ccc(Br)cc1. The van der Waals surface area contributed by atoms with Gasteiger partial charge in [-0.25, -0.2) is 4.39 Å². The molecule has 2 rings (SSSR count). The van der Waals surface area contributed by atoms with Gasteiger partial charge in [-0.3, -0.25) is 4.79 Å². The number of anilines is 1. The van der Waals surface area contributed by atoms with Crippen LogP contribution in [0, 0.1) is 12.7 Å². The van der Waals surface area contributed by atoms with Gasteiger partial charge in [0.05, 0.1) is 12.2 Å². The number of hydrogen-bond acceptors (Lipinski definition) is 2. The summed E-state index contributed by atoms with van der Waals surface area (Å²) in [6.07, 6.45) is 0.855. The van der Waals surface area contributed by atoms with Crippen LogP contribution in [0.1, 0.15) is 30.5 Å². The Kier molecular flexibility index (Phi) is 6.30. The molecular formula is C18H20BrFN2O. The van der Waals surface area contributed by atoms with Crippen LogP contribution in [-0.2, 0) is 4.79 Å². The topological polar surface area (TPSA) is 41.1 Å². The van der Waals surface area contributed by atoms with Gasteiger partial charge in [0.2, 0.25) is 5.91 Å². The minimum absolute atomic E-state index is 0.0803. The molecule has 0 radical (unpaired) electrons. The minimum atomic E-state index is -0.418. The quantitative estimate of drug-likeness (QED) is 0.772. The van der Waals surface area contributed by atoms with Crippen molar-refractivity contribution in [3.63, 3.8) is 0 Å². The molecule has 0 aromatic heterocycles. The Morgan fingerprint density at radius 1 is 1.22 bits per heavy atom. The zero-order chi connectivity index (χ0) is 16.8. The molecule has 0 bridgehead atoms. The first kappa shape index (κ1) is 17.6. The summed E-state index contributed by atoms with van der Waals surface area (Å²) in [5.41, 5.74) is 2.14. The molecule has 2 aromatic carbocycles. The van der Waals surface area contributed by atoms with E-state index in [-0.39, 0.29) is 24.2 Å². The molecule has 5 heteroatoms. The van der Waals surface area contributed by atoms with Crippen molar-refractivity contribution in [2.75, 3.05) is 11.9 Å². The second kappa shape index (κ2) is 8.22. The fourth-order valence-electron chi connectivity index (χ4n) is 2.32. The summed E-state index contributed by atoms with van der Waals surface area (Å²) >= 11 is 3.41. The standard InChI is InChI=1S/C18H20BrFN2O/c1-3-16(13-5-7-14(19)8-6-13)21-11-18(23)22-17-9-4-12(2)10-15(17)20/h4-10,16,21H,3,11H2,1-2H3,(H,22,23)/t16-/m1/s1. The molecule has 23 heavy (non-hydrogen) atoms. The normalized spacial score (nSPS) is 12.0. The fourth-order valence-corrected chi connectivity index (χ4v) is 2.59. The third-order valence-electron chi connectivity index (χ3n) is 3.59. The van der Waals surface area contributed by atoms with Crippen molar-refractivity contribution in [2.24, 2.45) is 0 Å². The number of aryl methyl sites for hydroxylation is 1. The third kappa shape index (κ3) is 5.15. The average Bonchev–Trinajstić information content (AvgIpc) is 2.52. The molecule has 0 aliphatic carbocycles. The van der Waals surface area contributed by atoms with Gasteiger partial charge in [-0.15, -0.1) is 0 Å². The van der Waals surface area contributed by atoms with E-state index in [2.05, 4.69) is 33.5 Å². The Hall–Kier alpha value is -1.72. The highest BCUT2D eigenvalue weighted by Gasteiger charge is 2.12. The van der Waals surface area contributed by atoms with Crippen molar-refractivity contribution < 1.29 is 9.18 Å². The van der Waals surface area contributed by atoms with E-state index in [4.69, 9.17) is 0 Å². The molecule has 2 aromatic rings. The molecule has 1 atom stereocenters. The van der Waals surface area contributed by atoms with E-state index in [9.17, 15) is 9.18 Å². The first-order valence-corrected chi connectivity index (χ1v) is 8.33. The van der Waals surface area contributed by atoms with Gasteiger partial charge >= 0.3 is 0 Å². The molecular weight excluding hydrogens is 359 g/mol. The monoisotopic (exact) mass is 378 g/mol. The minimum Gasteiger partial charge on any atom is -0.322 e. The lowest BCUT2D eigenvalue weighted by molar-refractivity contribution is -0.115. The Morgan fingerprint density at radius 2 is 1.91 bits per heavy atom. The molecule has 0 spiro atoms. The maximum absolute atomic E-state index is 13.7. The molecule has 0 unspecified atom stereocenters. The summed E-state index contributed by atoms with van der Waals surface area (Å²) < 4.78 is 14.8.